The number of piperidine rings is 1. The number of fused-ring (bicyclic) bond motifs is 1. The molecule has 0 amide bonds. The van der Waals surface area contributed by atoms with E-state index >= 15 is 0 Å². The number of anilines is 1. The molecule has 2 fully saturated rings. The molecule has 2 aliphatic heterocycles. The van der Waals surface area contributed by atoms with Gasteiger partial charge in [0.2, 0.25) is 5.88 Å². The molecule has 0 aromatic carbocycles. The van der Waals surface area contributed by atoms with Crippen LogP contribution in [0.25, 0.3) is 0 Å². The van der Waals surface area contributed by atoms with Crippen molar-refractivity contribution in [3.63, 3.8) is 0 Å². The third-order valence-electron chi connectivity index (χ3n) is 5.07. The van der Waals surface area contributed by atoms with E-state index in [1.54, 1.807) is 18.7 Å². The third-order valence-corrected chi connectivity index (χ3v) is 5.07. The lowest BCUT2D eigenvalue weighted by Gasteiger charge is -2.39. The van der Waals surface area contributed by atoms with E-state index in [2.05, 4.69) is 9.97 Å². The highest BCUT2D eigenvalue weighted by Crippen LogP contribution is 2.37. The van der Waals surface area contributed by atoms with Gasteiger partial charge in [0.25, 0.3) is 0 Å². The topological polar surface area (TPSA) is 56.7 Å². The van der Waals surface area contributed by atoms with Crippen LogP contribution in [-0.4, -0.2) is 47.2 Å². The molecular weight excluding hydrogens is 444 g/mol. The van der Waals surface area contributed by atoms with Crippen LogP contribution < -0.4 is 9.64 Å². The molecule has 32 heavy (non-hydrogen) atoms. The highest BCUT2D eigenvalue weighted by atomic mass is 19.4. The van der Waals surface area contributed by atoms with Gasteiger partial charge in [0.1, 0.15) is 29.8 Å². The molecule has 2 aromatic rings. The van der Waals surface area contributed by atoms with Gasteiger partial charge >= 0.3 is 12.4 Å². The summed E-state index contributed by atoms with van der Waals surface area (Å²) in [5, 5.41) is 0. The highest BCUT2D eigenvalue weighted by Gasteiger charge is 2.50. The van der Waals surface area contributed by atoms with E-state index in [9.17, 15) is 26.3 Å². The lowest BCUT2D eigenvalue weighted by Crippen LogP contribution is -2.56. The molecule has 2 aromatic heterocycles. The first-order valence-electron chi connectivity index (χ1n) is 9.66. The largest absolute Gasteiger partial charge is 0.470 e. The summed E-state index contributed by atoms with van der Waals surface area (Å²) in [6.45, 7) is 3.72. The van der Waals surface area contributed by atoms with Crippen molar-refractivity contribution < 1.29 is 40.6 Å². The van der Waals surface area contributed by atoms with E-state index in [1.165, 1.54) is 18.2 Å². The molecule has 3 atom stereocenters. The first-order chi connectivity index (χ1) is 14.8. The van der Waals surface area contributed by atoms with Crippen molar-refractivity contribution in [2.24, 2.45) is 0 Å². The van der Waals surface area contributed by atoms with Crippen molar-refractivity contribution in [1.82, 2.24) is 9.97 Å². The Labute approximate surface area is 179 Å². The molecule has 174 valence electrons. The van der Waals surface area contributed by atoms with Crippen LogP contribution >= 0.6 is 0 Å². The van der Waals surface area contributed by atoms with Crippen molar-refractivity contribution >= 4 is 5.82 Å². The fraction of sp³-hybridized carbons (Fsp3) is 0.500. The number of aromatic nitrogens is 2. The zero-order valence-corrected chi connectivity index (χ0v) is 16.9. The normalized spacial score (nSPS) is 25.5. The van der Waals surface area contributed by atoms with E-state index in [0.717, 1.165) is 18.3 Å². The summed E-state index contributed by atoms with van der Waals surface area (Å²) in [5.41, 5.74) is -1.99. The van der Waals surface area contributed by atoms with E-state index in [-0.39, 0.29) is 24.8 Å². The van der Waals surface area contributed by atoms with Gasteiger partial charge in [-0.05, 0) is 32.0 Å². The summed E-state index contributed by atoms with van der Waals surface area (Å²) < 4.78 is 95.1. The second kappa shape index (κ2) is 7.77. The molecule has 6 nitrogen and oxygen atoms in total. The lowest BCUT2D eigenvalue weighted by atomic mass is 10.0. The molecule has 0 saturated carbocycles. The minimum Gasteiger partial charge on any atom is -0.470 e. The summed E-state index contributed by atoms with van der Waals surface area (Å²) in [6, 6.07) is 5.43. The Morgan fingerprint density at radius 3 is 2.38 bits per heavy atom. The third kappa shape index (κ3) is 4.75. The zero-order valence-electron chi connectivity index (χ0n) is 16.9. The van der Waals surface area contributed by atoms with Crippen molar-refractivity contribution in [1.29, 1.82) is 0 Å². The number of rotatable bonds is 3. The van der Waals surface area contributed by atoms with Crippen LogP contribution in [-0.2, 0) is 21.8 Å². The van der Waals surface area contributed by atoms with Crippen LogP contribution in [0.2, 0.25) is 0 Å². The van der Waals surface area contributed by atoms with Gasteiger partial charge in [-0.2, -0.15) is 26.3 Å². The quantitative estimate of drug-likeness (QED) is 0.633. The van der Waals surface area contributed by atoms with Gasteiger partial charge < -0.3 is 19.1 Å². The van der Waals surface area contributed by atoms with Crippen LogP contribution in [0.4, 0.5) is 32.2 Å². The Kier molecular flexibility index (Phi) is 5.48. The van der Waals surface area contributed by atoms with E-state index in [1.807, 2.05) is 0 Å². The fourth-order valence-corrected chi connectivity index (χ4v) is 3.76. The zero-order chi connectivity index (χ0) is 23.3. The standard InChI is InChI=1S/C20H19F6N3O3/c1-18(2)31-13-10-29(15-7-6-11(8-27-15)19(21,22)23)9-12(17(13)32-18)30-16-5-3-4-14(28-16)20(24,25)26/h3-8,12-13,17H,9-10H2,1-2H3/t12-,13-,17+/m0/s1. The van der Waals surface area contributed by atoms with Gasteiger partial charge in [0.05, 0.1) is 12.1 Å². The summed E-state index contributed by atoms with van der Waals surface area (Å²) in [7, 11) is 0. The van der Waals surface area contributed by atoms with Gasteiger partial charge in [-0.3, -0.25) is 0 Å². The Hall–Kier alpha value is -2.60. The monoisotopic (exact) mass is 463 g/mol. The number of nitrogens with zero attached hydrogens (tertiary/aromatic N) is 3. The Bertz CT molecular complexity index is 964. The Balaban J connectivity index is 1.59. The van der Waals surface area contributed by atoms with Crippen LogP contribution in [0, 0.1) is 0 Å². The number of hydrogen-bond donors (Lipinski definition) is 0. The molecule has 4 heterocycles. The lowest BCUT2D eigenvalue weighted by molar-refractivity contribution is -0.151. The average molecular weight is 463 g/mol. The maximum Gasteiger partial charge on any atom is 0.433 e. The maximum atomic E-state index is 13.0. The predicted molar refractivity (Wildman–Crippen MR) is 98.9 cm³/mol. The van der Waals surface area contributed by atoms with Crippen molar-refractivity contribution in [3.05, 3.63) is 47.8 Å². The number of hydrogen-bond acceptors (Lipinski definition) is 6. The first kappa shape index (κ1) is 22.6. The fourth-order valence-electron chi connectivity index (χ4n) is 3.76. The van der Waals surface area contributed by atoms with Crippen molar-refractivity contribution in [2.75, 3.05) is 18.0 Å². The van der Waals surface area contributed by atoms with Gasteiger partial charge in [-0.1, -0.05) is 6.07 Å². The van der Waals surface area contributed by atoms with Crippen LogP contribution in [0.3, 0.4) is 0 Å². The molecule has 0 N–H and O–H groups in total. The second-order valence-corrected chi connectivity index (χ2v) is 7.96. The molecule has 4 rings (SSSR count). The molecule has 2 saturated heterocycles. The van der Waals surface area contributed by atoms with Crippen molar-refractivity contribution in [2.45, 2.75) is 50.3 Å². The minimum absolute atomic E-state index is 0.0941. The van der Waals surface area contributed by atoms with Crippen LogP contribution in [0.1, 0.15) is 25.1 Å². The number of alkyl halides is 6. The predicted octanol–water partition coefficient (Wildman–Crippen LogP) is 4.30. The molecule has 0 aliphatic carbocycles. The minimum atomic E-state index is -4.64. The Morgan fingerprint density at radius 1 is 1.00 bits per heavy atom. The van der Waals surface area contributed by atoms with E-state index in [4.69, 9.17) is 14.2 Å². The Morgan fingerprint density at radius 2 is 1.75 bits per heavy atom. The SMILES string of the molecule is CC1(C)O[C@@H]2[C@@H](Oc3cccc(C(F)(F)F)n3)CN(c3ccc(C(F)(F)F)cn3)C[C@@H]2O1. The first-order valence-corrected chi connectivity index (χ1v) is 9.66. The molecule has 0 radical (unpaired) electrons. The summed E-state index contributed by atoms with van der Waals surface area (Å²) in [5.74, 6) is -0.976. The smallest absolute Gasteiger partial charge is 0.433 e. The molecule has 0 bridgehead atoms. The number of halogens is 6. The molecule has 2 aliphatic rings. The molecular formula is C20H19F6N3O3. The highest BCUT2D eigenvalue weighted by molar-refractivity contribution is 5.41. The number of pyridine rings is 2. The maximum absolute atomic E-state index is 13.0. The number of ether oxygens (including phenoxy) is 3. The van der Waals surface area contributed by atoms with Gasteiger partial charge in [-0.15, -0.1) is 0 Å². The second-order valence-electron chi connectivity index (χ2n) is 7.96. The average Bonchev–Trinajstić information content (AvgIpc) is 3.01. The molecule has 12 heteroatoms. The summed E-state index contributed by atoms with van der Waals surface area (Å²) >= 11 is 0. The van der Waals surface area contributed by atoms with Crippen LogP contribution in [0.15, 0.2) is 36.5 Å². The van der Waals surface area contributed by atoms with Gasteiger partial charge in [0.15, 0.2) is 5.79 Å². The van der Waals surface area contributed by atoms with E-state index in [0.29, 0.717) is 0 Å². The summed E-state index contributed by atoms with van der Waals surface area (Å²) in [6.07, 6.45) is -10.4. The van der Waals surface area contributed by atoms with Gasteiger partial charge in [-0.25, -0.2) is 9.97 Å². The summed E-state index contributed by atoms with van der Waals surface area (Å²) in [4.78, 5) is 9.06. The van der Waals surface area contributed by atoms with Gasteiger partial charge in [0, 0.05) is 18.8 Å². The van der Waals surface area contributed by atoms with E-state index < -0.39 is 47.7 Å². The molecule has 0 unspecified atom stereocenters. The van der Waals surface area contributed by atoms with Crippen LogP contribution in [0.5, 0.6) is 5.88 Å². The molecule has 0 spiro atoms. The van der Waals surface area contributed by atoms with Crippen molar-refractivity contribution in [3.8, 4) is 5.88 Å².